The molecule has 2 aromatic carbocycles. The largest absolute Gasteiger partial charge is 0.496 e. The van der Waals surface area contributed by atoms with E-state index in [-0.39, 0.29) is 23.0 Å². The standard InChI is InChI=1S/C24H23N3O6S/c1-26(2)34(29,30)22-14-13-18(33-22)16-32-24(28)20-15-27(17-9-5-4-6-10-17)25-23(20)19-11-7-8-12-21(19)31-3/h4-15H,16H2,1-3H3. The summed E-state index contributed by atoms with van der Waals surface area (Å²) in [5, 5.41) is 4.39. The molecule has 4 aromatic rings. The second-order valence-corrected chi connectivity index (χ2v) is 9.54. The predicted octanol–water partition coefficient (Wildman–Crippen LogP) is 3.75. The van der Waals surface area contributed by atoms with E-state index in [1.807, 2.05) is 42.5 Å². The second-order valence-electron chi connectivity index (χ2n) is 7.46. The highest BCUT2D eigenvalue weighted by Crippen LogP contribution is 2.32. The SMILES string of the molecule is COc1ccccc1-c1nn(-c2ccccc2)cc1C(=O)OCc1ccc(S(=O)(=O)N(C)C)o1. The molecule has 2 aromatic heterocycles. The molecule has 0 saturated heterocycles. The quantitative estimate of drug-likeness (QED) is 0.353. The van der Waals surface area contributed by atoms with Crippen molar-refractivity contribution in [3.05, 3.63) is 84.3 Å². The first-order valence-electron chi connectivity index (χ1n) is 10.3. The van der Waals surface area contributed by atoms with Gasteiger partial charge in [0.15, 0.2) is 0 Å². The third-order valence-corrected chi connectivity index (χ3v) is 6.72. The minimum Gasteiger partial charge on any atom is -0.496 e. The number of nitrogens with zero attached hydrogens (tertiary/aromatic N) is 3. The molecule has 4 rings (SSSR count). The van der Waals surface area contributed by atoms with E-state index in [2.05, 4.69) is 5.10 Å². The molecule has 9 nitrogen and oxygen atoms in total. The van der Waals surface area contributed by atoms with Crippen molar-refractivity contribution in [2.45, 2.75) is 11.7 Å². The highest BCUT2D eigenvalue weighted by molar-refractivity contribution is 7.88. The molecule has 34 heavy (non-hydrogen) atoms. The van der Waals surface area contributed by atoms with E-state index in [1.165, 1.54) is 26.2 Å². The number of hydrogen-bond acceptors (Lipinski definition) is 7. The molecule has 0 bridgehead atoms. The van der Waals surface area contributed by atoms with Gasteiger partial charge in [-0.05, 0) is 36.4 Å². The molecule has 0 amide bonds. The number of rotatable bonds is 8. The first-order chi connectivity index (χ1) is 16.3. The number of benzene rings is 2. The molecule has 0 aliphatic rings. The molecular weight excluding hydrogens is 458 g/mol. The van der Waals surface area contributed by atoms with Crippen LogP contribution in [0.2, 0.25) is 0 Å². The Balaban J connectivity index is 1.65. The number of ether oxygens (including phenoxy) is 2. The minimum atomic E-state index is -3.73. The molecule has 0 unspecified atom stereocenters. The van der Waals surface area contributed by atoms with Gasteiger partial charge in [-0.15, -0.1) is 0 Å². The number of aromatic nitrogens is 2. The van der Waals surface area contributed by atoms with E-state index in [0.29, 0.717) is 17.0 Å². The van der Waals surface area contributed by atoms with Crippen molar-refractivity contribution in [3.8, 4) is 22.7 Å². The van der Waals surface area contributed by atoms with E-state index in [1.54, 1.807) is 30.1 Å². The topological polar surface area (TPSA) is 104 Å². The Bertz CT molecular complexity index is 1410. The van der Waals surface area contributed by atoms with Crippen molar-refractivity contribution >= 4 is 16.0 Å². The average molecular weight is 482 g/mol. The van der Waals surface area contributed by atoms with Gasteiger partial charge in [0.1, 0.15) is 29.4 Å². The number of esters is 1. The number of carbonyl (C=O) groups excluding carboxylic acids is 1. The van der Waals surface area contributed by atoms with Crippen LogP contribution in [0.25, 0.3) is 16.9 Å². The monoisotopic (exact) mass is 481 g/mol. The van der Waals surface area contributed by atoms with Crippen LogP contribution in [0.15, 0.2) is 82.4 Å². The lowest BCUT2D eigenvalue weighted by Crippen LogP contribution is -2.21. The van der Waals surface area contributed by atoms with Crippen LogP contribution in [0.4, 0.5) is 0 Å². The highest BCUT2D eigenvalue weighted by atomic mass is 32.2. The maximum absolute atomic E-state index is 13.1. The van der Waals surface area contributed by atoms with Gasteiger partial charge < -0.3 is 13.9 Å². The Labute approximate surface area is 197 Å². The van der Waals surface area contributed by atoms with Gasteiger partial charge in [0, 0.05) is 25.9 Å². The van der Waals surface area contributed by atoms with Crippen molar-refractivity contribution < 1.29 is 27.1 Å². The first kappa shape index (κ1) is 23.3. The summed E-state index contributed by atoms with van der Waals surface area (Å²) in [4.78, 5) is 13.1. The lowest BCUT2D eigenvalue weighted by Gasteiger charge is -2.08. The zero-order valence-electron chi connectivity index (χ0n) is 18.8. The lowest BCUT2D eigenvalue weighted by molar-refractivity contribution is 0.0441. The average Bonchev–Trinajstić information content (AvgIpc) is 3.51. The molecule has 10 heteroatoms. The summed E-state index contributed by atoms with van der Waals surface area (Å²) in [5.41, 5.74) is 2.01. The van der Waals surface area contributed by atoms with E-state index in [4.69, 9.17) is 13.9 Å². The van der Waals surface area contributed by atoms with Crippen molar-refractivity contribution in [2.75, 3.05) is 21.2 Å². The number of furan rings is 1. The lowest BCUT2D eigenvalue weighted by atomic mass is 10.1. The molecule has 0 spiro atoms. The molecule has 0 aliphatic carbocycles. The number of carbonyl (C=O) groups is 1. The molecule has 0 atom stereocenters. The van der Waals surface area contributed by atoms with Crippen molar-refractivity contribution in [1.82, 2.24) is 14.1 Å². The fourth-order valence-electron chi connectivity index (χ4n) is 3.24. The Morgan fingerprint density at radius 3 is 2.44 bits per heavy atom. The molecular formula is C24H23N3O6S. The number of sulfonamides is 1. The highest BCUT2D eigenvalue weighted by Gasteiger charge is 2.24. The smallest absolute Gasteiger partial charge is 0.342 e. The summed E-state index contributed by atoms with van der Waals surface area (Å²) < 4.78 is 43.3. The molecule has 0 fully saturated rings. The van der Waals surface area contributed by atoms with Gasteiger partial charge >= 0.3 is 5.97 Å². The third kappa shape index (κ3) is 4.59. The van der Waals surface area contributed by atoms with Crippen LogP contribution < -0.4 is 4.74 Å². The van der Waals surface area contributed by atoms with Gasteiger partial charge in [-0.1, -0.05) is 30.3 Å². The maximum Gasteiger partial charge on any atom is 0.342 e. The number of hydrogen-bond donors (Lipinski definition) is 0. The first-order valence-corrected chi connectivity index (χ1v) is 11.7. The summed E-state index contributed by atoms with van der Waals surface area (Å²) in [6.07, 6.45) is 1.59. The summed E-state index contributed by atoms with van der Waals surface area (Å²) in [7, 11) is 0.626. The molecule has 0 radical (unpaired) electrons. The van der Waals surface area contributed by atoms with Crippen molar-refractivity contribution in [3.63, 3.8) is 0 Å². The molecule has 0 N–H and O–H groups in total. The van der Waals surface area contributed by atoms with Gasteiger partial charge in [0.25, 0.3) is 10.0 Å². The van der Waals surface area contributed by atoms with Crippen LogP contribution in [-0.4, -0.2) is 49.7 Å². The van der Waals surface area contributed by atoms with E-state index < -0.39 is 16.0 Å². The molecule has 0 aliphatic heterocycles. The fraction of sp³-hybridized carbons (Fsp3) is 0.167. The number of para-hydroxylation sites is 2. The van der Waals surface area contributed by atoms with E-state index in [9.17, 15) is 13.2 Å². The van der Waals surface area contributed by atoms with Crippen LogP contribution >= 0.6 is 0 Å². The second kappa shape index (κ2) is 9.54. The normalized spacial score (nSPS) is 11.5. The third-order valence-electron chi connectivity index (χ3n) is 5.03. The number of methoxy groups -OCH3 is 1. The predicted molar refractivity (Wildman–Crippen MR) is 124 cm³/mol. The molecule has 176 valence electrons. The summed E-state index contributed by atoms with van der Waals surface area (Å²) >= 11 is 0. The Hall–Kier alpha value is -3.89. The van der Waals surface area contributed by atoms with Gasteiger partial charge in [0.05, 0.1) is 12.8 Å². The van der Waals surface area contributed by atoms with Crippen LogP contribution in [0.3, 0.4) is 0 Å². The van der Waals surface area contributed by atoms with Gasteiger partial charge in [-0.3, -0.25) is 0 Å². The van der Waals surface area contributed by atoms with Crippen molar-refractivity contribution in [1.29, 1.82) is 0 Å². The zero-order valence-corrected chi connectivity index (χ0v) is 19.7. The molecule has 2 heterocycles. The summed E-state index contributed by atoms with van der Waals surface area (Å²) in [6, 6.07) is 19.4. The van der Waals surface area contributed by atoms with Gasteiger partial charge in [-0.25, -0.2) is 22.2 Å². The van der Waals surface area contributed by atoms with Gasteiger partial charge in [0.2, 0.25) is 5.09 Å². The Morgan fingerprint density at radius 1 is 1.03 bits per heavy atom. The Morgan fingerprint density at radius 2 is 1.74 bits per heavy atom. The van der Waals surface area contributed by atoms with Crippen LogP contribution in [-0.2, 0) is 21.4 Å². The summed E-state index contributed by atoms with van der Waals surface area (Å²) in [6.45, 7) is -0.246. The summed E-state index contributed by atoms with van der Waals surface area (Å²) in [5.74, 6) is 0.110. The van der Waals surface area contributed by atoms with Crippen LogP contribution in [0.5, 0.6) is 5.75 Å². The van der Waals surface area contributed by atoms with Crippen LogP contribution in [0, 0.1) is 0 Å². The van der Waals surface area contributed by atoms with Crippen LogP contribution in [0.1, 0.15) is 16.1 Å². The maximum atomic E-state index is 13.1. The van der Waals surface area contributed by atoms with Gasteiger partial charge in [-0.2, -0.15) is 5.10 Å². The van der Waals surface area contributed by atoms with Crippen molar-refractivity contribution in [2.24, 2.45) is 0 Å². The zero-order chi connectivity index (χ0) is 24.3. The van der Waals surface area contributed by atoms with E-state index >= 15 is 0 Å². The fourth-order valence-corrected chi connectivity index (χ4v) is 4.06. The molecule has 0 saturated carbocycles. The Kier molecular flexibility index (Phi) is 6.53. The minimum absolute atomic E-state index is 0.197. The van der Waals surface area contributed by atoms with E-state index in [0.717, 1.165) is 9.99 Å².